The summed E-state index contributed by atoms with van der Waals surface area (Å²) in [5, 5.41) is 4.69. The monoisotopic (exact) mass is 267 g/mol. The number of halogens is 2. The Labute approximate surface area is 110 Å². The van der Waals surface area contributed by atoms with Crippen LogP contribution in [0, 0.1) is 12.7 Å². The minimum atomic E-state index is -0.403. The molecule has 1 aromatic carbocycles. The Morgan fingerprint density at radius 3 is 2.83 bits per heavy atom. The zero-order valence-corrected chi connectivity index (χ0v) is 11.1. The van der Waals surface area contributed by atoms with Gasteiger partial charge in [0.05, 0.1) is 23.0 Å². The van der Waals surface area contributed by atoms with Crippen LogP contribution in [0.4, 0.5) is 4.39 Å². The topological polar surface area (TPSA) is 43.8 Å². The van der Waals surface area contributed by atoms with Gasteiger partial charge in [-0.1, -0.05) is 23.7 Å². The molecule has 0 bridgehead atoms. The normalized spacial score (nSPS) is 12.7. The Kier molecular flexibility index (Phi) is 3.68. The highest BCUT2D eigenvalue weighted by atomic mass is 35.5. The molecule has 1 aromatic heterocycles. The first-order valence-corrected chi connectivity index (χ1v) is 6.15. The van der Waals surface area contributed by atoms with E-state index < -0.39 is 6.04 Å². The number of aromatic nitrogens is 2. The van der Waals surface area contributed by atoms with E-state index in [9.17, 15) is 4.39 Å². The number of hydrogen-bond acceptors (Lipinski definition) is 2. The van der Waals surface area contributed by atoms with Crippen molar-refractivity contribution < 1.29 is 4.39 Å². The molecule has 0 spiro atoms. The van der Waals surface area contributed by atoms with E-state index in [1.54, 1.807) is 29.9 Å². The van der Waals surface area contributed by atoms with Gasteiger partial charge in [-0.3, -0.25) is 4.68 Å². The molecule has 1 atom stereocenters. The summed E-state index contributed by atoms with van der Waals surface area (Å²) in [5.41, 5.74) is 8.34. The lowest BCUT2D eigenvalue weighted by molar-refractivity contribution is 0.597. The van der Waals surface area contributed by atoms with Gasteiger partial charge in [-0.2, -0.15) is 5.10 Å². The quantitative estimate of drug-likeness (QED) is 0.929. The van der Waals surface area contributed by atoms with E-state index in [2.05, 4.69) is 5.10 Å². The van der Waals surface area contributed by atoms with E-state index in [0.717, 1.165) is 11.3 Å². The number of benzene rings is 1. The molecule has 0 saturated heterocycles. The average molecular weight is 268 g/mol. The number of nitrogens with zero attached hydrogens (tertiary/aromatic N) is 2. The molecule has 1 unspecified atom stereocenters. The van der Waals surface area contributed by atoms with E-state index in [1.807, 2.05) is 6.92 Å². The maximum Gasteiger partial charge on any atom is 0.126 e. The van der Waals surface area contributed by atoms with Crippen molar-refractivity contribution in [2.45, 2.75) is 26.4 Å². The number of nitrogens with two attached hydrogens (primary N) is 1. The first-order valence-electron chi connectivity index (χ1n) is 5.77. The summed E-state index contributed by atoms with van der Waals surface area (Å²) >= 11 is 6.10. The van der Waals surface area contributed by atoms with Gasteiger partial charge in [0, 0.05) is 6.54 Å². The molecule has 96 valence electrons. The molecule has 18 heavy (non-hydrogen) atoms. The lowest BCUT2D eigenvalue weighted by atomic mass is 10.0. The fourth-order valence-electron chi connectivity index (χ4n) is 1.95. The average Bonchev–Trinajstić information content (AvgIpc) is 2.73. The standard InChI is InChI=1S/C13H15ClFN3/c1-3-18-13(10(14)7-17-18)12(16)9-4-5-11(15)8(2)6-9/h4-7,12H,3,16H2,1-2H3. The minimum Gasteiger partial charge on any atom is -0.319 e. The summed E-state index contributed by atoms with van der Waals surface area (Å²) < 4.78 is 15.0. The second-order valence-electron chi connectivity index (χ2n) is 4.18. The van der Waals surface area contributed by atoms with Gasteiger partial charge < -0.3 is 5.73 Å². The van der Waals surface area contributed by atoms with Crippen molar-refractivity contribution in [3.8, 4) is 0 Å². The molecule has 5 heteroatoms. The summed E-state index contributed by atoms with van der Waals surface area (Å²) in [4.78, 5) is 0. The van der Waals surface area contributed by atoms with Gasteiger partial charge in [0.15, 0.2) is 0 Å². The van der Waals surface area contributed by atoms with Crippen LogP contribution in [-0.4, -0.2) is 9.78 Å². The highest BCUT2D eigenvalue weighted by Crippen LogP contribution is 2.27. The molecule has 0 amide bonds. The van der Waals surface area contributed by atoms with Gasteiger partial charge in [0.25, 0.3) is 0 Å². The Bertz CT molecular complexity index is 565. The van der Waals surface area contributed by atoms with Gasteiger partial charge in [-0.25, -0.2) is 4.39 Å². The van der Waals surface area contributed by atoms with Crippen LogP contribution < -0.4 is 5.73 Å². The van der Waals surface area contributed by atoms with Crippen molar-refractivity contribution in [1.82, 2.24) is 9.78 Å². The Balaban J connectivity index is 2.44. The molecule has 1 heterocycles. The molecule has 0 radical (unpaired) electrons. The maximum atomic E-state index is 13.2. The summed E-state index contributed by atoms with van der Waals surface area (Å²) in [6.07, 6.45) is 1.58. The summed E-state index contributed by atoms with van der Waals surface area (Å²) in [5.74, 6) is -0.235. The fourth-order valence-corrected chi connectivity index (χ4v) is 2.21. The predicted molar refractivity (Wildman–Crippen MR) is 70.1 cm³/mol. The second kappa shape index (κ2) is 5.08. The van der Waals surface area contributed by atoms with Crippen LogP contribution in [0.3, 0.4) is 0 Å². The van der Waals surface area contributed by atoms with Crippen molar-refractivity contribution >= 4 is 11.6 Å². The van der Waals surface area contributed by atoms with Crippen LogP contribution in [-0.2, 0) is 6.54 Å². The Morgan fingerprint density at radius 1 is 1.50 bits per heavy atom. The maximum absolute atomic E-state index is 13.2. The number of hydrogen-bond donors (Lipinski definition) is 1. The van der Waals surface area contributed by atoms with Gasteiger partial charge in [0.1, 0.15) is 5.82 Å². The highest BCUT2D eigenvalue weighted by Gasteiger charge is 2.18. The molecule has 0 aliphatic heterocycles. The number of rotatable bonds is 3. The van der Waals surface area contributed by atoms with Crippen molar-refractivity contribution in [3.63, 3.8) is 0 Å². The minimum absolute atomic E-state index is 0.235. The molecule has 0 fully saturated rings. The van der Waals surface area contributed by atoms with Crippen LogP contribution in [0.1, 0.15) is 29.8 Å². The largest absolute Gasteiger partial charge is 0.319 e. The van der Waals surface area contributed by atoms with E-state index in [4.69, 9.17) is 17.3 Å². The molecule has 0 saturated carbocycles. The van der Waals surface area contributed by atoms with Crippen LogP contribution >= 0.6 is 11.6 Å². The molecular weight excluding hydrogens is 253 g/mol. The third-order valence-electron chi connectivity index (χ3n) is 2.97. The van der Waals surface area contributed by atoms with Crippen LogP contribution in [0.15, 0.2) is 24.4 Å². The lowest BCUT2D eigenvalue weighted by Crippen LogP contribution is -2.17. The lowest BCUT2D eigenvalue weighted by Gasteiger charge is -2.15. The van der Waals surface area contributed by atoms with Crippen molar-refractivity contribution in [2.24, 2.45) is 5.73 Å². The molecule has 2 aromatic rings. The van der Waals surface area contributed by atoms with Crippen molar-refractivity contribution in [3.05, 3.63) is 52.1 Å². The van der Waals surface area contributed by atoms with Gasteiger partial charge in [0.2, 0.25) is 0 Å². The van der Waals surface area contributed by atoms with Crippen molar-refractivity contribution in [1.29, 1.82) is 0 Å². The zero-order chi connectivity index (χ0) is 13.3. The fraction of sp³-hybridized carbons (Fsp3) is 0.308. The molecule has 2 N–H and O–H groups in total. The SMILES string of the molecule is CCn1ncc(Cl)c1C(N)c1ccc(F)c(C)c1. The van der Waals surface area contributed by atoms with Gasteiger partial charge in [-0.15, -0.1) is 0 Å². The predicted octanol–water partition coefficient (Wildman–Crippen LogP) is 3.05. The van der Waals surface area contributed by atoms with E-state index in [0.29, 0.717) is 17.1 Å². The third-order valence-corrected chi connectivity index (χ3v) is 3.26. The van der Waals surface area contributed by atoms with E-state index in [1.165, 1.54) is 6.07 Å². The van der Waals surface area contributed by atoms with Gasteiger partial charge >= 0.3 is 0 Å². The summed E-state index contributed by atoms with van der Waals surface area (Å²) in [6.45, 7) is 4.37. The second-order valence-corrected chi connectivity index (χ2v) is 4.59. The van der Waals surface area contributed by atoms with Crippen LogP contribution in [0.25, 0.3) is 0 Å². The van der Waals surface area contributed by atoms with E-state index in [-0.39, 0.29) is 5.82 Å². The van der Waals surface area contributed by atoms with E-state index >= 15 is 0 Å². The Hall–Kier alpha value is -1.39. The molecule has 3 nitrogen and oxygen atoms in total. The van der Waals surface area contributed by atoms with Gasteiger partial charge in [-0.05, 0) is 31.0 Å². The first kappa shape index (κ1) is 13.1. The van der Waals surface area contributed by atoms with Crippen LogP contribution in [0.2, 0.25) is 5.02 Å². The smallest absolute Gasteiger partial charge is 0.126 e. The highest BCUT2D eigenvalue weighted by molar-refractivity contribution is 6.31. The number of aryl methyl sites for hydroxylation is 2. The molecular formula is C13H15ClFN3. The zero-order valence-electron chi connectivity index (χ0n) is 10.3. The van der Waals surface area contributed by atoms with Crippen LogP contribution in [0.5, 0.6) is 0 Å². The third kappa shape index (κ3) is 2.26. The molecule has 0 aliphatic rings. The van der Waals surface area contributed by atoms with Crippen molar-refractivity contribution in [2.75, 3.05) is 0 Å². The summed E-state index contributed by atoms with van der Waals surface area (Å²) in [6, 6.07) is 4.43. The first-order chi connectivity index (χ1) is 8.54. The summed E-state index contributed by atoms with van der Waals surface area (Å²) in [7, 11) is 0. The molecule has 0 aliphatic carbocycles. The Morgan fingerprint density at radius 2 is 2.22 bits per heavy atom. The molecule has 2 rings (SSSR count).